The van der Waals surface area contributed by atoms with E-state index < -0.39 is 0 Å². The molecule has 0 bridgehead atoms. The highest BCUT2D eigenvalue weighted by atomic mass is 19.1. The Morgan fingerprint density at radius 2 is 1.21 bits per heavy atom. The molecular formula is C27H33FO. The van der Waals surface area contributed by atoms with Gasteiger partial charge in [0.2, 0.25) is 0 Å². The van der Waals surface area contributed by atoms with Gasteiger partial charge in [-0.05, 0) is 97.4 Å². The lowest BCUT2D eigenvalue weighted by Crippen LogP contribution is -2.25. The maximum absolute atomic E-state index is 13.1. The molecule has 1 saturated heterocycles. The molecule has 2 aromatic rings. The Balaban J connectivity index is 1.12. The lowest BCUT2D eigenvalue weighted by Gasteiger charge is -2.38. The van der Waals surface area contributed by atoms with Crippen molar-refractivity contribution in [2.24, 2.45) is 17.8 Å². The van der Waals surface area contributed by atoms with Gasteiger partial charge < -0.3 is 4.74 Å². The number of hydrogen-bond donors (Lipinski definition) is 0. The van der Waals surface area contributed by atoms with E-state index in [0.717, 1.165) is 35.8 Å². The number of halogens is 1. The number of hydrogen-bond acceptors (Lipinski definition) is 1. The highest BCUT2D eigenvalue weighted by Crippen LogP contribution is 2.45. The van der Waals surface area contributed by atoms with Gasteiger partial charge in [-0.3, -0.25) is 0 Å². The molecule has 0 spiro atoms. The summed E-state index contributed by atoms with van der Waals surface area (Å²) in [7, 11) is 0. The Labute approximate surface area is 174 Å². The summed E-state index contributed by atoms with van der Waals surface area (Å²) in [6, 6.07) is 15.8. The summed E-state index contributed by atoms with van der Waals surface area (Å²) >= 11 is 0. The van der Waals surface area contributed by atoms with E-state index in [4.69, 9.17) is 4.74 Å². The monoisotopic (exact) mass is 392 g/mol. The third-order valence-electron chi connectivity index (χ3n) is 7.89. The van der Waals surface area contributed by atoms with Crippen molar-refractivity contribution in [1.82, 2.24) is 0 Å². The Morgan fingerprint density at radius 3 is 1.76 bits per heavy atom. The van der Waals surface area contributed by atoms with E-state index in [1.54, 1.807) is 0 Å². The quantitative estimate of drug-likeness (QED) is 0.484. The maximum Gasteiger partial charge on any atom is 0.123 e. The number of rotatable bonds is 5. The van der Waals surface area contributed by atoms with Crippen LogP contribution >= 0.6 is 0 Å². The zero-order valence-corrected chi connectivity index (χ0v) is 17.4. The third kappa shape index (κ3) is 4.74. The van der Waals surface area contributed by atoms with Crippen LogP contribution in [-0.4, -0.2) is 12.7 Å². The summed E-state index contributed by atoms with van der Waals surface area (Å²) in [6.45, 7) is 1.02. The highest BCUT2D eigenvalue weighted by Gasteiger charge is 2.33. The first kappa shape index (κ1) is 19.3. The Bertz CT molecular complexity index is 776. The molecule has 1 unspecified atom stereocenters. The Morgan fingerprint density at radius 1 is 0.690 bits per heavy atom. The second-order valence-electron chi connectivity index (χ2n) is 9.71. The van der Waals surface area contributed by atoms with E-state index in [1.807, 2.05) is 12.1 Å². The molecule has 1 nitrogen and oxygen atoms in total. The molecule has 29 heavy (non-hydrogen) atoms. The molecule has 0 amide bonds. The summed E-state index contributed by atoms with van der Waals surface area (Å²) in [5.74, 6) is 3.43. The van der Waals surface area contributed by atoms with E-state index in [0.29, 0.717) is 6.10 Å². The van der Waals surface area contributed by atoms with Gasteiger partial charge in [0, 0.05) is 0 Å². The van der Waals surface area contributed by atoms with Crippen LogP contribution in [0.3, 0.4) is 0 Å². The van der Waals surface area contributed by atoms with Crippen LogP contribution in [0.25, 0.3) is 11.1 Å². The van der Waals surface area contributed by atoms with Crippen LogP contribution < -0.4 is 0 Å². The van der Waals surface area contributed by atoms with E-state index in [9.17, 15) is 4.39 Å². The van der Waals surface area contributed by atoms with Gasteiger partial charge in [0.1, 0.15) is 5.82 Å². The first-order valence-electron chi connectivity index (χ1n) is 11.7. The van der Waals surface area contributed by atoms with Gasteiger partial charge in [0.25, 0.3) is 0 Å². The standard InChI is InChI=1S/C27H33FO/c28-26-15-13-25(14-16-26)24-11-9-23(10-12-24)22-7-5-21(6-8-22)20-3-1-19(2-4-20)17-27-18-29-27/h9-16,19-22,27H,1-8,17-18H2. The zero-order chi connectivity index (χ0) is 19.6. The summed E-state index contributed by atoms with van der Waals surface area (Å²) in [4.78, 5) is 0. The summed E-state index contributed by atoms with van der Waals surface area (Å²) in [6.07, 6.45) is 13.2. The Kier molecular flexibility index (Phi) is 5.72. The Hall–Kier alpha value is -1.67. The molecule has 3 aliphatic rings. The normalized spacial score (nSPS) is 32.1. The van der Waals surface area contributed by atoms with Crippen molar-refractivity contribution in [3.8, 4) is 11.1 Å². The molecule has 1 aliphatic heterocycles. The summed E-state index contributed by atoms with van der Waals surface area (Å²) < 4.78 is 18.6. The third-order valence-corrected chi connectivity index (χ3v) is 7.89. The zero-order valence-electron chi connectivity index (χ0n) is 17.4. The van der Waals surface area contributed by atoms with Crippen molar-refractivity contribution >= 4 is 0 Å². The molecule has 0 aromatic heterocycles. The van der Waals surface area contributed by atoms with Crippen molar-refractivity contribution in [2.45, 2.75) is 69.8 Å². The topological polar surface area (TPSA) is 12.5 Å². The molecule has 1 atom stereocenters. The van der Waals surface area contributed by atoms with Crippen molar-refractivity contribution in [3.63, 3.8) is 0 Å². The van der Waals surface area contributed by atoms with Gasteiger partial charge >= 0.3 is 0 Å². The van der Waals surface area contributed by atoms with Crippen LogP contribution in [0.15, 0.2) is 48.5 Å². The van der Waals surface area contributed by atoms with Crippen molar-refractivity contribution in [1.29, 1.82) is 0 Å². The number of benzene rings is 2. The maximum atomic E-state index is 13.1. The lowest BCUT2D eigenvalue weighted by atomic mass is 9.68. The summed E-state index contributed by atoms with van der Waals surface area (Å²) in [5.41, 5.74) is 3.75. The fraction of sp³-hybridized carbons (Fsp3) is 0.556. The second kappa shape index (κ2) is 8.60. The van der Waals surface area contributed by atoms with E-state index in [2.05, 4.69) is 24.3 Å². The SMILES string of the molecule is Fc1ccc(-c2ccc(C3CCC(C4CCC(CC5CO5)CC4)CC3)cc2)cc1. The van der Waals surface area contributed by atoms with Gasteiger partial charge in [0.05, 0.1) is 12.7 Å². The minimum absolute atomic E-state index is 0.174. The van der Waals surface area contributed by atoms with E-state index in [1.165, 1.54) is 81.0 Å². The molecule has 2 saturated carbocycles. The fourth-order valence-corrected chi connectivity index (χ4v) is 5.99. The molecular weight excluding hydrogens is 359 g/mol. The molecule has 0 N–H and O–H groups in total. The highest BCUT2D eigenvalue weighted by molar-refractivity contribution is 5.63. The van der Waals surface area contributed by atoms with Gasteiger partial charge in [-0.25, -0.2) is 4.39 Å². The average molecular weight is 393 g/mol. The largest absolute Gasteiger partial charge is 0.373 e. The average Bonchev–Trinajstić information content (AvgIpc) is 3.59. The molecule has 2 aliphatic carbocycles. The van der Waals surface area contributed by atoms with E-state index in [-0.39, 0.29) is 5.82 Å². The molecule has 0 radical (unpaired) electrons. The van der Waals surface area contributed by atoms with Crippen LogP contribution in [-0.2, 0) is 4.74 Å². The van der Waals surface area contributed by atoms with Crippen LogP contribution in [0.5, 0.6) is 0 Å². The molecule has 1 heterocycles. The lowest BCUT2D eigenvalue weighted by molar-refractivity contribution is 0.152. The molecule has 154 valence electrons. The predicted octanol–water partition coefficient (Wildman–Crippen LogP) is 7.36. The van der Waals surface area contributed by atoms with E-state index >= 15 is 0 Å². The van der Waals surface area contributed by atoms with Crippen LogP contribution in [0.2, 0.25) is 0 Å². The predicted molar refractivity (Wildman–Crippen MR) is 116 cm³/mol. The number of epoxide rings is 1. The van der Waals surface area contributed by atoms with Crippen LogP contribution in [0.1, 0.15) is 69.3 Å². The first-order chi connectivity index (χ1) is 14.2. The van der Waals surface area contributed by atoms with Crippen LogP contribution in [0.4, 0.5) is 4.39 Å². The molecule has 2 aromatic carbocycles. The van der Waals surface area contributed by atoms with Crippen LogP contribution in [0, 0.1) is 23.6 Å². The van der Waals surface area contributed by atoms with Gasteiger partial charge in [-0.2, -0.15) is 0 Å². The smallest absolute Gasteiger partial charge is 0.123 e. The second-order valence-corrected chi connectivity index (χ2v) is 9.71. The van der Waals surface area contributed by atoms with Crippen molar-refractivity contribution in [3.05, 3.63) is 59.9 Å². The molecule has 2 heteroatoms. The first-order valence-corrected chi connectivity index (χ1v) is 11.7. The van der Waals surface area contributed by atoms with Gasteiger partial charge in [-0.15, -0.1) is 0 Å². The minimum atomic E-state index is -0.174. The molecule has 3 fully saturated rings. The van der Waals surface area contributed by atoms with Crippen molar-refractivity contribution in [2.75, 3.05) is 6.61 Å². The van der Waals surface area contributed by atoms with Crippen molar-refractivity contribution < 1.29 is 9.13 Å². The molecule has 5 rings (SSSR count). The fourth-order valence-electron chi connectivity index (χ4n) is 5.99. The summed E-state index contributed by atoms with van der Waals surface area (Å²) in [5, 5.41) is 0. The number of ether oxygens (including phenoxy) is 1. The minimum Gasteiger partial charge on any atom is -0.373 e. The van der Waals surface area contributed by atoms with Gasteiger partial charge in [0.15, 0.2) is 0 Å². The van der Waals surface area contributed by atoms with Gasteiger partial charge in [-0.1, -0.05) is 49.2 Å².